The van der Waals surface area contributed by atoms with Crippen molar-refractivity contribution in [3.05, 3.63) is 28.6 Å². The molecule has 0 spiro atoms. The van der Waals surface area contributed by atoms with Gasteiger partial charge in [-0.2, -0.15) is 4.99 Å². The van der Waals surface area contributed by atoms with E-state index in [9.17, 15) is 14.4 Å². The summed E-state index contributed by atoms with van der Waals surface area (Å²) in [6.45, 7) is 6.04. The summed E-state index contributed by atoms with van der Waals surface area (Å²) in [5.74, 6) is 2.85. The molecule has 1 fully saturated rings. The number of amides is 2. The summed E-state index contributed by atoms with van der Waals surface area (Å²) in [4.78, 5) is 43.5. The quantitative estimate of drug-likeness (QED) is 0.456. The van der Waals surface area contributed by atoms with E-state index in [1.807, 2.05) is 4.90 Å². The van der Waals surface area contributed by atoms with Crippen LogP contribution in [0.3, 0.4) is 0 Å². The van der Waals surface area contributed by atoms with Crippen molar-refractivity contribution in [3.8, 4) is 12.3 Å². The first-order chi connectivity index (χ1) is 15.4. The third kappa shape index (κ3) is 6.02. The van der Waals surface area contributed by atoms with Crippen LogP contribution in [0.25, 0.3) is 10.2 Å². The zero-order valence-electron chi connectivity index (χ0n) is 18.3. The molecule has 0 N–H and O–H groups in total. The van der Waals surface area contributed by atoms with Crippen molar-refractivity contribution in [1.82, 2.24) is 9.47 Å². The normalized spacial score (nSPS) is 16.7. The maximum absolute atomic E-state index is 12.5. The molecule has 0 bridgehead atoms. The Balaban J connectivity index is 1.71. The summed E-state index contributed by atoms with van der Waals surface area (Å²) >= 11 is 2.57. The van der Waals surface area contributed by atoms with Gasteiger partial charge in [-0.25, -0.2) is 4.79 Å². The number of aromatic nitrogens is 1. The van der Waals surface area contributed by atoms with Crippen LogP contribution in [0, 0.1) is 18.3 Å². The number of ether oxygens (including phenoxy) is 1. The molecule has 1 atom stereocenters. The molecule has 2 amide bonds. The van der Waals surface area contributed by atoms with Crippen LogP contribution in [-0.4, -0.2) is 58.5 Å². The molecular weight excluding hydrogens is 446 g/mol. The molecule has 1 aliphatic rings. The molecule has 1 saturated heterocycles. The minimum Gasteiger partial charge on any atom is -0.462 e. The molecule has 1 aliphatic heterocycles. The number of esters is 1. The lowest BCUT2D eigenvalue weighted by Gasteiger charge is -2.30. The summed E-state index contributed by atoms with van der Waals surface area (Å²) in [6.07, 6.45) is 7.70. The van der Waals surface area contributed by atoms with E-state index in [2.05, 4.69) is 17.8 Å². The summed E-state index contributed by atoms with van der Waals surface area (Å²) in [6, 6.07) is 5.18. The third-order valence-corrected chi connectivity index (χ3v) is 7.07. The van der Waals surface area contributed by atoms with Crippen LogP contribution in [0.5, 0.6) is 0 Å². The third-order valence-electron chi connectivity index (χ3n) is 5.12. The van der Waals surface area contributed by atoms with Gasteiger partial charge in [0.15, 0.2) is 4.80 Å². The van der Waals surface area contributed by atoms with E-state index in [1.165, 1.54) is 23.1 Å². The van der Waals surface area contributed by atoms with Crippen LogP contribution in [0.4, 0.5) is 0 Å². The molecule has 0 saturated carbocycles. The van der Waals surface area contributed by atoms with Gasteiger partial charge in [0.2, 0.25) is 5.91 Å². The molecule has 2 heterocycles. The van der Waals surface area contributed by atoms with Crippen LogP contribution >= 0.6 is 23.1 Å². The Bertz CT molecular complexity index is 1110. The van der Waals surface area contributed by atoms with E-state index in [4.69, 9.17) is 11.2 Å². The number of carbonyl (C=O) groups is 3. The molecule has 1 aromatic carbocycles. The van der Waals surface area contributed by atoms with Gasteiger partial charge in [-0.1, -0.05) is 24.2 Å². The number of terminal acetylenes is 1. The van der Waals surface area contributed by atoms with E-state index in [0.29, 0.717) is 22.9 Å². The SMILES string of the molecule is C#CCn1c(=NC(=O)CSCC(=O)N2CCCC(C)C2)sc2cc(C(=O)OCC)ccc21. The van der Waals surface area contributed by atoms with Crippen molar-refractivity contribution in [2.45, 2.75) is 33.2 Å². The zero-order valence-corrected chi connectivity index (χ0v) is 20.0. The predicted molar refractivity (Wildman–Crippen MR) is 127 cm³/mol. The Hall–Kier alpha value is -2.57. The van der Waals surface area contributed by atoms with Crippen molar-refractivity contribution < 1.29 is 19.1 Å². The number of thiazole rings is 1. The first-order valence-electron chi connectivity index (χ1n) is 10.6. The Morgan fingerprint density at radius 1 is 1.34 bits per heavy atom. The van der Waals surface area contributed by atoms with Gasteiger partial charge < -0.3 is 14.2 Å². The molecule has 1 aromatic heterocycles. The Kier molecular flexibility index (Phi) is 8.53. The van der Waals surface area contributed by atoms with E-state index in [1.54, 1.807) is 29.7 Å². The number of carbonyl (C=O) groups excluding carboxylic acids is 3. The van der Waals surface area contributed by atoms with Gasteiger partial charge in [-0.15, -0.1) is 18.2 Å². The molecule has 170 valence electrons. The van der Waals surface area contributed by atoms with Gasteiger partial charge in [-0.3, -0.25) is 9.59 Å². The summed E-state index contributed by atoms with van der Waals surface area (Å²) in [7, 11) is 0. The van der Waals surface area contributed by atoms with Gasteiger partial charge >= 0.3 is 5.97 Å². The summed E-state index contributed by atoms with van der Waals surface area (Å²) in [5.41, 5.74) is 1.24. The minimum absolute atomic E-state index is 0.0742. The number of nitrogens with zero attached hydrogens (tertiary/aromatic N) is 3. The number of benzene rings is 1. The average molecular weight is 474 g/mol. The molecule has 0 radical (unpaired) electrons. The second kappa shape index (κ2) is 11.3. The first-order valence-corrected chi connectivity index (χ1v) is 12.6. The molecule has 1 unspecified atom stereocenters. The van der Waals surface area contributed by atoms with Gasteiger partial charge in [0, 0.05) is 13.1 Å². The van der Waals surface area contributed by atoms with Crippen molar-refractivity contribution in [2.24, 2.45) is 10.9 Å². The highest BCUT2D eigenvalue weighted by molar-refractivity contribution is 8.00. The number of hydrogen-bond acceptors (Lipinski definition) is 6. The number of piperidine rings is 1. The number of rotatable bonds is 7. The monoisotopic (exact) mass is 473 g/mol. The number of thioether (sulfide) groups is 1. The minimum atomic E-state index is -0.398. The molecule has 7 nitrogen and oxygen atoms in total. The first kappa shape index (κ1) is 24.1. The Morgan fingerprint density at radius 2 is 2.16 bits per heavy atom. The molecule has 32 heavy (non-hydrogen) atoms. The van der Waals surface area contributed by atoms with Crippen LogP contribution in [0.1, 0.15) is 37.0 Å². The second-order valence-electron chi connectivity index (χ2n) is 7.66. The number of hydrogen-bond donors (Lipinski definition) is 0. The highest BCUT2D eigenvalue weighted by Gasteiger charge is 2.21. The largest absolute Gasteiger partial charge is 0.462 e. The lowest BCUT2D eigenvalue weighted by atomic mass is 10.0. The van der Waals surface area contributed by atoms with Crippen molar-refractivity contribution >= 4 is 51.1 Å². The van der Waals surface area contributed by atoms with E-state index in [-0.39, 0.29) is 29.9 Å². The Morgan fingerprint density at radius 3 is 2.88 bits per heavy atom. The van der Waals surface area contributed by atoms with E-state index in [0.717, 1.165) is 36.1 Å². The van der Waals surface area contributed by atoms with Crippen LogP contribution in [0.15, 0.2) is 23.2 Å². The highest BCUT2D eigenvalue weighted by atomic mass is 32.2. The smallest absolute Gasteiger partial charge is 0.338 e. The van der Waals surface area contributed by atoms with Crippen LogP contribution < -0.4 is 4.80 Å². The average Bonchev–Trinajstić information content (AvgIpc) is 3.10. The lowest BCUT2D eigenvalue weighted by Crippen LogP contribution is -2.40. The second-order valence-corrected chi connectivity index (χ2v) is 9.66. The van der Waals surface area contributed by atoms with Crippen molar-refractivity contribution in [2.75, 3.05) is 31.2 Å². The molecule has 2 aromatic rings. The fraction of sp³-hybridized carbons (Fsp3) is 0.478. The molecule has 3 rings (SSSR count). The van der Waals surface area contributed by atoms with Gasteiger partial charge in [-0.05, 0) is 43.9 Å². The molecule has 9 heteroatoms. The summed E-state index contributed by atoms with van der Waals surface area (Å²) in [5, 5.41) is 0. The number of fused-ring (bicyclic) bond motifs is 1. The maximum Gasteiger partial charge on any atom is 0.338 e. The molecule has 0 aliphatic carbocycles. The van der Waals surface area contributed by atoms with Crippen LogP contribution in [0.2, 0.25) is 0 Å². The zero-order chi connectivity index (χ0) is 23.1. The topological polar surface area (TPSA) is 81.0 Å². The van der Waals surface area contributed by atoms with Gasteiger partial charge in [0.05, 0.1) is 40.4 Å². The van der Waals surface area contributed by atoms with Crippen molar-refractivity contribution in [3.63, 3.8) is 0 Å². The van der Waals surface area contributed by atoms with E-state index < -0.39 is 5.97 Å². The standard InChI is InChI=1S/C23H27N3O4S2/c1-4-10-26-18-9-8-17(22(29)30-5-2)12-19(18)32-23(26)24-20(27)14-31-15-21(28)25-11-6-7-16(3)13-25/h1,8-9,12,16H,5-7,10-11,13-15H2,2-3H3. The fourth-order valence-corrected chi connectivity index (χ4v) is 5.40. The lowest BCUT2D eigenvalue weighted by molar-refractivity contribution is -0.130. The van der Waals surface area contributed by atoms with Gasteiger partial charge in [0.25, 0.3) is 5.91 Å². The summed E-state index contributed by atoms with van der Waals surface area (Å²) < 4.78 is 7.62. The van der Waals surface area contributed by atoms with Gasteiger partial charge in [0.1, 0.15) is 0 Å². The van der Waals surface area contributed by atoms with Crippen molar-refractivity contribution in [1.29, 1.82) is 0 Å². The number of likely N-dealkylation sites (tertiary alicyclic amines) is 1. The highest BCUT2D eigenvalue weighted by Crippen LogP contribution is 2.20. The maximum atomic E-state index is 12.5. The predicted octanol–water partition coefficient (Wildman–Crippen LogP) is 2.93. The Labute approximate surface area is 195 Å². The van der Waals surface area contributed by atoms with Crippen LogP contribution in [-0.2, 0) is 20.9 Å². The fourth-order valence-electron chi connectivity index (χ4n) is 3.62. The van der Waals surface area contributed by atoms with E-state index >= 15 is 0 Å². The molecular formula is C23H27N3O4S2.